The number of nitrogens with zero attached hydrogens (tertiary/aromatic N) is 1. The van der Waals surface area contributed by atoms with E-state index >= 15 is 0 Å². The second kappa shape index (κ2) is 6.75. The Labute approximate surface area is 119 Å². The number of nitriles is 1. The second-order valence-corrected chi connectivity index (χ2v) is 5.36. The number of halogens is 3. The van der Waals surface area contributed by atoms with E-state index in [-0.39, 0.29) is 18.8 Å². The molecule has 0 heterocycles. The Kier molecular flexibility index (Phi) is 5.54. The fourth-order valence-corrected chi connectivity index (χ4v) is 2.25. The average Bonchev–Trinajstić information content (AvgIpc) is 2.37. The molecule has 0 fully saturated rings. The molecule has 0 aromatic heterocycles. The summed E-state index contributed by atoms with van der Waals surface area (Å²) in [6.07, 6.45) is -4.61. The minimum absolute atomic E-state index is 0.0195. The predicted octanol–water partition coefficient (Wildman–Crippen LogP) is 1.47. The van der Waals surface area contributed by atoms with Gasteiger partial charge in [0.15, 0.2) is 0 Å². The molecule has 0 atom stereocenters. The van der Waals surface area contributed by atoms with Gasteiger partial charge in [0.1, 0.15) is 6.07 Å². The molecule has 0 radical (unpaired) electrons. The molecular weight excluding hydrogens is 311 g/mol. The van der Waals surface area contributed by atoms with E-state index in [1.165, 1.54) is 13.2 Å². The van der Waals surface area contributed by atoms with Crippen molar-refractivity contribution in [1.82, 2.24) is 4.72 Å². The number of methoxy groups -OCH3 is 1. The van der Waals surface area contributed by atoms with Gasteiger partial charge in [-0.1, -0.05) is 0 Å². The maximum atomic E-state index is 12.5. The highest BCUT2D eigenvalue weighted by atomic mass is 32.2. The van der Waals surface area contributed by atoms with Gasteiger partial charge >= 0.3 is 6.18 Å². The molecule has 2 N–H and O–H groups in total. The molecule has 0 saturated heterocycles. The van der Waals surface area contributed by atoms with Crippen molar-refractivity contribution in [2.45, 2.75) is 6.18 Å². The van der Waals surface area contributed by atoms with Crippen molar-refractivity contribution >= 4 is 15.9 Å². The summed E-state index contributed by atoms with van der Waals surface area (Å²) in [4.78, 5) is 0. The van der Waals surface area contributed by atoms with E-state index in [2.05, 4.69) is 9.46 Å². The Hall–Kier alpha value is -1.83. The van der Waals surface area contributed by atoms with Gasteiger partial charge < -0.3 is 4.74 Å². The van der Waals surface area contributed by atoms with E-state index in [0.717, 1.165) is 6.07 Å². The van der Waals surface area contributed by atoms with Gasteiger partial charge in [-0.25, -0.2) is 0 Å². The molecule has 0 spiro atoms. The van der Waals surface area contributed by atoms with Crippen LogP contribution >= 0.6 is 0 Å². The highest BCUT2D eigenvalue weighted by Crippen LogP contribution is 2.31. The Morgan fingerprint density at radius 1 is 1.38 bits per heavy atom. The molecule has 21 heavy (non-hydrogen) atoms. The maximum absolute atomic E-state index is 12.5. The molecule has 0 aliphatic carbocycles. The summed E-state index contributed by atoms with van der Waals surface area (Å²) in [6, 6.07) is 3.67. The van der Waals surface area contributed by atoms with Gasteiger partial charge in [-0.05, 0) is 18.2 Å². The first-order valence-electron chi connectivity index (χ1n) is 5.57. The van der Waals surface area contributed by atoms with Crippen LogP contribution in [-0.2, 0) is 21.1 Å². The second-order valence-electron chi connectivity index (χ2n) is 3.86. The summed E-state index contributed by atoms with van der Waals surface area (Å²) in [6.45, 7) is 0.105. The molecule has 0 saturated carbocycles. The normalized spacial score (nSPS) is 12.0. The standard InChI is InChI=1S/C11H12F3N3O3S/c1-20-5-4-16-21(18,19)17-10-3-2-9(11(12,13)14)6-8(10)7-15/h2-3,6,16-17H,4-5H2,1H3. The Morgan fingerprint density at radius 2 is 2.05 bits per heavy atom. The molecular formula is C11H12F3N3O3S. The van der Waals surface area contributed by atoms with Gasteiger partial charge in [-0.15, -0.1) is 0 Å². The minimum Gasteiger partial charge on any atom is -0.383 e. The highest BCUT2D eigenvalue weighted by Gasteiger charge is 2.31. The van der Waals surface area contributed by atoms with Crippen molar-refractivity contribution in [2.24, 2.45) is 0 Å². The lowest BCUT2D eigenvalue weighted by Gasteiger charge is -2.12. The molecule has 0 bridgehead atoms. The summed E-state index contributed by atoms with van der Waals surface area (Å²) < 4.78 is 69.5. The fraction of sp³-hybridized carbons (Fsp3) is 0.364. The molecule has 1 aromatic carbocycles. The van der Waals surface area contributed by atoms with E-state index in [1.54, 1.807) is 0 Å². The number of hydrogen-bond acceptors (Lipinski definition) is 4. The lowest BCUT2D eigenvalue weighted by molar-refractivity contribution is -0.137. The van der Waals surface area contributed by atoms with Crippen molar-refractivity contribution < 1.29 is 26.3 Å². The van der Waals surface area contributed by atoms with Crippen LogP contribution in [0.1, 0.15) is 11.1 Å². The Bertz CT molecular complexity index is 638. The molecule has 6 nitrogen and oxygen atoms in total. The molecule has 1 aromatic rings. The number of benzene rings is 1. The van der Waals surface area contributed by atoms with E-state index in [9.17, 15) is 21.6 Å². The number of alkyl halides is 3. The Morgan fingerprint density at radius 3 is 2.57 bits per heavy atom. The van der Waals surface area contributed by atoms with E-state index in [0.29, 0.717) is 12.1 Å². The zero-order valence-electron chi connectivity index (χ0n) is 10.9. The fourth-order valence-electron chi connectivity index (χ4n) is 1.36. The summed E-state index contributed by atoms with van der Waals surface area (Å²) >= 11 is 0. The number of nitrogens with one attached hydrogen (secondary N) is 2. The predicted molar refractivity (Wildman–Crippen MR) is 68.6 cm³/mol. The van der Waals surface area contributed by atoms with Gasteiger partial charge in [-0.3, -0.25) is 4.72 Å². The number of ether oxygens (including phenoxy) is 1. The van der Waals surface area contributed by atoms with Crippen molar-refractivity contribution in [3.8, 4) is 6.07 Å². The van der Waals surface area contributed by atoms with Crippen LogP contribution in [0, 0.1) is 11.3 Å². The first kappa shape index (κ1) is 17.2. The van der Waals surface area contributed by atoms with Crippen LogP contribution in [0.4, 0.5) is 18.9 Å². The number of hydrogen-bond donors (Lipinski definition) is 2. The summed E-state index contributed by atoms with van der Waals surface area (Å²) in [7, 11) is -2.62. The molecule has 0 amide bonds. The smallest absolute Gasteiger partial charge is 0.383 e. The van der Waals surface area contributed by atoms with Gasteiger partial charge in [0, 0.05) is 13.7 Å². The van der Waals surface area contributed by atoms with Gasteiger partial charge in [0.05, 0.1) is 23.4 Å². The highest BCUT2D eigenvalue weighted by molar-refractivity contribution is 7.90. The van der Waals surface area contributed by atoms with Gasteiger partial charge in [0.25, 0.3) is 10.2 Å². The molecule has 0 aliphatic rings. The SMILES string of the molecule is COCCNS(=O)(=O)Nc1ccc(C(F)(F)F)cc1C#N. The lowest BCUT2D eigenvalue weighted by Crippen LogP contribution is -2.32. The van der Waals surface area contributed by atoms with Crippen LogP contribution in [0.25, 0.3) is 0 Å². The van der Waals surface area contributed by atoms with Crippen LogP contribution in [0.2, 0.25) is 0 Å². The quantitative estimate of drug-likeness (QED) is 0.776. The van der Waals surface area contributed by atoms with E-state index in [4.69, 9.17) is 5.26 Å². The zero-order chi connectivity index (χ0) is 16.1. The molecule has 10 heteroatoms. The van der Waals surface area contributed by atoms with Gasteiger partial charge in [-0.2, -0.15) is 31.6 Å². The van der Waals surface area contributed by atoms with Crippen LogP contribution in [0.3, 0.4) is 0 Å². The summed E-state index contributed by atoms with van der Waals surface area (Å²) in [5.41, 5.74) is -1.70. The first-order valence-corrected chi connectivity index (χ1v) is 7.05. The van der Waals surface area contributed by atoms with Crippen molar-refractivity contribution in [1.29, 1.82) is 5.26 Å². The maximum Gasteiger partial charge on any atom is 0.416 e. The number of anilines is 1. The number of rotatable bonds is 6. The minimum atomic E-state index is -4.61. The van der Waals surface area contributed by atoms with Crippen LogP contribution in [0.15, 0.2) is 18.2 Å². The monoisotopic (exact) mass is 323 g/mol. The largest absolute Gasteiger partial charge is 0.416 e. The third-order valence-electron chi connectivity index (χ3n) is 2.31. The topological polar surface area (TPSA) is 91.2 Å². The third kappa shape index (κ3) is 5.22. The van der Waals surface area contributed by atoms with Crippen molar-refractivity contribution in [3.05, 3.63) is 29.3 Å². The van der Waals surface area contributed by atoms with Crippen molar-refractivity contribution in [2.75, 3.05) is 25.0 Å². The average molecular weight is 323 g/mol. The van der Waals surface area contributed by atoms with Crippen LogP contribution < -0.4 is 9.44 Å². The third-order valence-corrected chi connectivity index (χ3v) is 3.38. The van der Waals surface area contributed by atoms with Crippen LogP contribution in [0.5, 0.6) is 0 Å². The van der Waals surface area contributed by atoms with E-state index < -0.39 is 27.5 Å². The summed E-state index contributed by atoms with van der Waals surface area (Å²) in [5.74, 6) is 0. The lowest BCUT2D eigenvalue weighted by atomic mass is 10.1. The summed E-state index contributed by atoms with van der Waals surface area (Å²) in [5, 5.41) is 8.83. The Balaban J connectivity index is 2.97. The van der Waals surface area contributed by atoms with Gasteiger partial charge in [0.2, 0.25) is 0 Å². The van der Waals surface area contributed by atoms with Crippen LogP contribution in [-0.4, -0.2) is 28.7 Å². The first-order chi connectivity index (χ1) is 9.69. The van der Waals surface area contributed by atoms with Crippen molar-refractivity contribution in [3.63, 3.8) is 0 Å². The van der Waals surface area contributed by atoms with E-state index in [1.807, 2.05) is 4.72 Å². The molecule has 1 rings (SSSR count). The molecule has 0 aliphatic heterocycles. The molecule has 0 unspecified atom stereocenters. The molecule has 116 valence electrons. The zero-order valence-corrected chi connectivity index (χ0v) is 11.7.